The molecular formula is C32H35N3O6. The number of carboxylic acids is 1. The lowest BCUT2D eigenvalue weighted by Gasteiger charge is -2.42. The predicted octanol–water partition coefficient (Wildman–Crippen LogP) is 3.45. The van der Waals surface area contributed by atoms with Crippen LogP contribution in [0.1, 0.15) is 29.0 Å². The van der Waals surface area contributed by atoms with Gasteiger partial charge < -0.3 is 29.9 Å². The fraction of sp³-hybridized carbons (Fsp3) is 0.375. The molecule has 3 aromatic carbocycles. The minimum Gasteiger partial charge on any atom is -0.480 e. The normalized spacial score (nSPS) is 21.2. The summed E-state index contributed by atoms with van der Waals surface area (Å²) in [6.45, 7) is 3.70. The molecule has 1 amide bonds. The molecule has 0 unspecified atom stereocenters. The minimum absolute atomic E-state index is 0.104. The average molecular weight is 558 g/mol. The van der Waals surface area contributed by atoms with Gasteiger partial charge in [-0.05, 0) is 46.4 Å². The van der Waals surface area contributed by atoms with Crippen molar-refractivity contribution in [3.63, 3.8) is 0 Å². The van der Waals surface area contributed by atoms with Gasteiger partial charge in [-0.2, -0.15) is 0 Å². The number of carboxylic acid groups (broad SMARTS) is 1. The third-order valence-corrected chi connectivity index (χ3v) is 8.45. The molecule has 214 valence electrons. The number of aliphatic carboxylic acids is 1. The number of rotatable bonds is 8. The van der Waals surface area contributed by atoms with Crippen LogP contribution in [0.15, 0.2) is 72.8 Å². The standard InChI is InChI=1S/C32H35N3O6/c36-30-18-34(23-13-16-40-19-23)14-15-35(30)22-11-9-21(10-12-22)17-29(31(37)38)33-32(39)41-20-28-26-7-3-1-5-24(26)25-6-2-4-8-27(25)28/h1-12,23,28-30,36H,13-20H2,(H,33,39)(H,37,38)/t23-,29-,30-/m0/s1. The summed E-state index contributed by atoms with van der Waals surface area (Å²) in [4.78, 5) is 28.9. The van der Waals surface area contributed by atoms with Crippen molar-refractivity contribution in [2.45, 2.75) is 37.1 Å². The lowest BCUT2D eigenvalue weighted by Crippen LogP contribution is -2.56. The Hall–Kier alpha value is -3.92. The fourth-order valence-electron chi connectivity index (χ4n) is 6.27. The summed E-state index contributed by atoms with van der Waals surface area (Å²) in [5.74, 6) is -1.24. The van der Waals surface area contributed by atoms with Gasteiger partial charge in [0.15, 0.2) is 0 Å². The van der Waals surface area contributed by atoms with E-state index in [1.165, 1.54) is 0 Å². The van der Waals surface area contributed by atoms with Crippen LogP contribution in [-0.2, 0) is 20.7 Å². The zero-order valence-corrected chi connectivity index (χ0v) is 22.8. The molecule has 0 bridgehead atoms. The van der Waals surface area contributed by atoms with Crippen molar-refractivity contribution < 1.29 is 29.3 Å². The Morgan fingerprint density at radius 2 is 1.66 bits per heavy atom. The summed E-state index contributed by atoms with van der Waals surface area (Å²) in [5.41, 5.74) is 6.07. The van der Waals surface area contributed by atoms with E-state index >= 15 is 0 Å². The number of benzene rings is 3. The largest absolute Gasteiger partial charge is 0.480 e. The second-order valence-corrected chi connectivity index (χ2v) is 10.9. The number of aliphatic hydroxyl groups is 1. The first-order valence-corrected chi connectivity index (χ1v) is 14.2. The average Bonchev–Trinajstić information content (AvgIpc) is 3.63. The fourth-order valence-corrected chi connectivity index (χ4v) is 6.27. The molecule has 2 heterocycles. The van der Waals surface area contributed by atoms with Crippen molar-refractivity contribution in [1.82, 2.24) is 10.2 Å². The monoisotopic (exact) mass is 557 g/mol. The molecule has 2 saturated heterocycles. The van der Waals surface area contributed by atoms with E-state index < -0.39 is 24.3 Å². The number of carbonyl (C=O) groups is 2. The summed E-state index contributed by atoms with van der Waals surface area (Å²) in [5, 5.41) is 23.1. The van der Waals surface area contributed by atoms with Crippen LogP contribution in [0.25, 0.3) is 11.1 Å². The molecule has 3 atom stereocenters. The number of ether oxygens (including phenoxy) is 2. The molecule has 9 nitrogen and oxygen atoms in total. The molecule has 41 heavy (non-hydrogen) atoms. The van der Waals surface area contributed by atoms with E-state index in [0.29, 0.717) is 19.1 Å². The van der Waals surface area contributed by atoms with Crippen molar-refractivity contribution in [3.05, 3.63) is 89.5 Å². The smallest absolute Gasteiger partial charge is 0.407 e. The number of nitrogens with zero attached hydrogens (tertiary/aromatic N) is 2. The van der Waals surface area contributed by atoms with Crippen LogP contribution in [0.5, 0.6) is 0 Å². The zero-order valence-electron chi connectivity index (χ0n) is 22.8. The number of β-amino-alcohol motifs (C(OH)–C–C–N with tert-alkyl or cyclic N) is 1. The minimum atomic E-state index is -1.14. The topological polar surface area (TPSA) is 112 Å². The van der Waals surface area contributed by atoms with Crippen molar-refractivity contribution in [2.24, 2.45) is 0 Å². The van der Waals surface area contributed by atoms with Gasteiger partial charge in [0.1, 0.15) is 18.9 Å². The Morgan fingerprint density at radius 1 is 0.976 bits per heavy atom. The number of nitrogens with one attached hydrogen (secondary N) is 1. The van der Waals surface area contributed by atoms with Gasteiger partial charge in [0.25, 0.3) is 0 Å². The van der Waals surface area contributed by atoms with Crippen LogP contribution in [-0.4, -0.2) is 84.9 Å². The molecule has 0 spiro atoms. The Balaban J connectivity index is 1.04. The highest BCUT2D eigenvalue weighted by atomic mass is 16.5. The summed E-state index contributed by atoms with van der Waals surface area (Å²) >= 11 is 0. The molecule has 3 aliphatic rings. The maximum atomic E-state index is 12.7. The van der Waals surface area contributed by atoms with E-state index in [-0.39, 0.29) is 18.9 Å². The highest BCUT2D eigenvalue weighted by Crippen LogP contribution is 2.44. The highest BCUT2D eigenvalue weighted by Gasteiger charge is 2.32. The summed E-state index contributed by atoms with van der Waals surface area (Å²) in [6.07, 6.45) is -0.282. The van der Waals surface area contributed by atoms with Gasteiger partial charge in [-0.15, -0.1) is 0 Å². The number of anilines is 1. The Kier molecular flexibility index (Phi) is 7.91. The molecule has 0 radical (unpaired) electrons. The number of aliphatic hydroxyl groups excluding tert-OH is 1. The van der Waals surface area contributed by atoms with Gasteiger partial charge in [-0.1, -0.05) is 60.7 Å². The van der Waals surface area contributed by atoms with E-state index in [1.54, 1.807) is 0 Å². The van der Waals surface area contributed by atoms with Crippen molar-refractivity contribution in [2.75, 3.05) is 44.4 Å². The first kappa shape index (κ1) is 27.3. The molecule has 0 aromatic heterocycles. The number of carbonyl (C=O) groups excluding carboxylic acids is 1. The molecule has 1 aliphatic carbocycles. The quantitative estimate of drug-likeness (QED) is 0.386. The molecule has 9 heteroatoms. The number of hydrogen-bond acceptors (Lipinski definition) is 7. The van der Waals surface area contributed by atoms with Crippen LogP contribution in [0.2, 0.25) is 0 Å². The second-order valence-electron chi connectivity index (χ2n) is 10.9. The summed E-state index contributed by atoms with van der Waals surface area (Å²) in [7, 11) is 0. The maximum Gasteiger partial charge on any atom is 0.407 e. The molecule has 6 rings (SSSR count). The van der Waals surface area contributed by atoms with Crippen LogP contribution in [0, 0.1) is 0 Å². The number of hydrogen-bond donors (Lipinski definition) is 3. The molecule has 3 aromatic rings. The van der Waals surface area contributed by atoms with E-state index in [1.807, 2.05) is 65.6 Å². The summed E-state index contributed by atoms with van der Waals surface area (Å²) < 4.78 is 11.0. The molecule has 0 saturated carbocycles. The maximum absolute atomic E-state index is 12.7. The third kappa shape index (κ3) is 5.79. The highest BCUT2D eigenvalue weighted by molar-refractivity contribution is 5.81. The number of piperazine rings is 1. The van der Waals surface area contributed by atoms with Gasteiger partial charge in [0, 0.05) is 50.3 Å². The Labute approximate surface area is 239 Å². The SMILES string of the molecule is O=C(N[C@@H](Cc1ccc(N2CCN([C@H]3CCOC3)C[C@@H]2O)cc1)C(=O)O)OCC1c2ccccc2-c2ccccc21. The third-order valence-electron chi connectivity index (χ3n) is 8.45. The van der Waals surface area contributed by atoms with Crippen molar-refractivity contribution >= 4 is 17.7 Å². The zero-order chi connectivity index (χ0) is 28.3. The molecular weight excluding hydrogens is 522 g/mol. The van der Waals surface area contributed by atoms with Gasteiger partial charge >= 0.3 is 12.1 Å². The van der Waals surface area contributed by atoms with Crippen LogP contribution in [0.4, 0.5) is 10.5 Å². The van der Waals surface area contributed by atoms with Crippen LogP contribution >= 0.6 is 0 Å². The van der Waals surface area contributed by atoms with Crippen molar-refractivity contribution in [1.29, 1.82) is 0 Å². The summed E-state index contributed by atoms with van der Waals surface area (Å²) in [6, 6.07) is 22.8. The van der Waals surface area contributed by atoms with E-state index in [9.17, 15) is 19.8 Å². The van der Waals surface area contributed by atoms with E-state index in [0.717, 1.165) is 59.7 Å². The lowest BCUT2D eigenvalue weighted by molar-refractivity contribution is -0.139. The first-order chi connectivity index (χ1) is 20.0. The van der Waals surface area contributed by atoms with Crippen LogP contribution < -0.4 is 10.2 Å². The van der Waals surface area contributed by atoms with Gasteiger partial charge in [0.05, 0.1) is 6.61 Å². The van der Waals surface area contributed by atoms with Crippen molar-refractivity contribution in [3.8, 4) is 11.1 Å². The van der Waals surface area contributed by atoms with Gasteiger partial charge in [0.2, 0.25) is 0 Å². The molecule has 2 aliphatic heterocycles. The Bertz CT molecular complexity index is 1340. The van der Waals surface area contributed by atoms with Crippen LogP contribution in [0.3, 0.4) is 0 Å². The number of amides is 1. The second kappa shape index (κ2) is 11.9. The molecule has 2 fully saturated rings. The van der Waals surface area contributed by atoms with E-state index in [4.69, 9.17) is 9.47 Å². The lowest BCUT2D eigenvalue weighted by atomic mass is 9.98. The number of alkyl carbamates (subject to hydrolysis) is 1. The Morgan fingerprint density at radius 3 is 2.27 bits per heavy atom. The van der Waals surface area contributed by atoms with Gasteiger partial charge in [-0.3, -0.25) is 4.90 Å². The predicted molar refractivity (Wildman–Crippen MR) is 154 cm³/mol. The first-order valence-electron chi connectivity index (χ1n) is 14.2. The van der Waals surface area contributed by atoms with Gasteiger partial charge in [-0.25, -0.2) is 9.59 Å². The van der Waals surface area contributed by atoms with E-state index in [2.05, 4.69) is 22.3 Å². The number of fused-ring (bicyclic) bond motifs is 3. The molecule has 3 N–H and O–H groups in total.